The van der Waals surface area contributed by atoms with E-state index in [-0.39, 0.29) is 24.3 Å². The standard InChI is InChI=1S/C24H24F4N2O3/c25-19-9-5-7-17(13-19)22(32)30-20(15-33-23(30)10-2-1-3-11-23)21(31)29-14-16-6-4-8-18(12-16)24(26,27)28/h4-9,12-13,20H,1-3,10-11,14-15H2,(H,29,31)/t20-/m1/s1. The van der Waals surface area contributed by atoms with Crippen molar-refractivity contribution in [3.63, 3.8) is 0 Å². The number of benzene rings is 2. The maximum Gasteiger partial charge on any atom is 0.416 e. The van der Waals surface area contributed by atoms with Gasteiger partial charge in [-0.25, -0.2) is 4.39 Å². The van der Waals surface area contributed by atoms with E-state index in [4.69, 9.17) is 4.74 Å². The Labute approximate surface area is 188 Å². The van der Waals surface area contributed by atoms with Crippen LogP contribution in [0.3, 0.4) is 0 Å². The van der Waals surface area contributed by atoms with Crippen molar-refractivity contribution in [2.24, 2.45) is 0 Å². The van der Waals surface area contributed by atoms with E-state index >= 15 is 0 Å². The van der Waals surface area contributed by atoms with E-state index in [1.807, 2.05) is 0 Å². The van der Waals surface area contributed by atoms with Gasteiger partial charge in [0.05, 0.1) is 12.2 Å². The van der Waals surface area contributed by atoms with E-state index in [9.17, 15) is 27.2 Å². The van der Waals surface area contributed by atoms with Crippen molar-refractivity contribution in [3.8, 4) is 0 Å². The average Bonchev–Trinajstić information content (AvgIpc) is 3.15. The Morgan fingerprint density at radius 1 is 1.06 bits per heavy atom. The number of ether oxygens (including phenoxy) is 1. The number of alkyl halides is 3. The second kappa shape index (κ2) is 9.13. The summed E-state index contributed by atoms with van der Waals surface area (Å²) in [6.45, 7) is -0.163. The van der Waals surface area contributed by atoms with E-state index in [1.165, 1.54) is 35.2 Å². The molecule has 2 aliphatic rings. The second-order valence-corrected chi connectivity index (χ2v) is 8.44. The fourth-order valence-electron chi connectivity index (χ4n) is 4.60. The lowest BCUT2D eigenvalue weighted by molar-refractivity contribution is -0.137. The Morgan fingerprint density at radius 3 is 2.48 bits per heavy atom. The molecule has 1 aliphatic heterocycles. The van der Waals surface area contributed by atoms with Crippen molar-refractivity contribution >= 4 is 11.8 Å². The summed E-state index contributed by atoms with van der Waals surface area (Å²) in [5, 5.41) is 2.64. The van der Waals surface area contributed by atoms with Gasteiger partial charge in [-0.05, 0) is 61.6 Å². The predicted octanol–water partition coefficient (Wildman–Crippen LogP) is 4.66. The zero-order valence-corrected chi connectivity index (χ0v) is 17.8. The Bertz CT molecular complexity index is 1030. The molecule has 0 aromatic heterocycles. The molecule has 5 nitrogen and oxygen atoms in total. The number of carbonyl (C=O) groups is 2. The lowest BCUT2D eigenvalue weighted by Crippen LogP contribution is -2.56. The van der Waals surface area contributed by atoms with Crippen molar-refractivity contribution in [1.29, 1.82) is 0 Å². The maximum atomic E-state index is 13.8. The van der Waals surface area contributed by atoms with Gasteiger partial charge in [0.1, 0.15) is 17.6 Å². The van der Waals surface area contributed by atoms with Crippen molar-refractivity contribution < 1.29 is 31.9 Å². The molecule has 1 saturated heterocycles. The summed E-state index contributed by atoms with van der Waals surface area (Å²) in [5.74, 6) is -1.60. The number of nitrogens with one attached hydrogen (secondary N) is 1. The normalized spacial score (nSPS) is 20.1. The molecule has 2 amide bonds. The average molecular weight is 464 g/mol. The minimum atomic E-state index is -4.49. The molecule has 1 atom stereocenters. The highest BCUT2D eigenvalue weighted by Crippen LogP contribution is 2.41. The summed E-state index contributed by atoms with van der Waals surface area (Å²) in [6.07, 6.45) is -0.728. The van der Waals surface area contributed by atoms with Gasteiger partial charge in [0, 0.05) is 12.1 Å². The van der Waals surface area contributed by atoms with Crippen LogP contribution in [0.2, 0.25) is 0 Å². The summed E-state index contributed by atoms with van der Waals surface area (Å²) < 4.78 is 58.7. The predicted molar refractivity (Wildman–Crippen MR) is 111 cm³/mol. The van der Waals surface area contributed by atoms with Crippen molar-refractivity contribution in [3.05, 3.63) is 71.0 Å². The molecular formula is C24H24F4N2O3. The summed E-state index contributed by atoms with van der Waals surface area (Å²) >= 11 is 0. The van der Waals surface area contributed by atoms with Gasteiger partial charge in [-0.15, -0.1) is 0 Å². The van der Waals surface area contributed by atoms with Crippen LogP contribution < -0.4 is 5.32 Å². The van der Waals surface area contributed by atoms with Gasteiger partial charge in [-0.1, -0.05) is 24.6 Å². The maximum absolute atomic E-state index is 13.8. The molecule has 2 fully saturated rings. The van der Waals surface area contributed by atoms with E-state index < -0.39 is 41.1 Å². The third kappa shape index (κ3) is 4.88. The molecule has 4 rings (SSSR count). The van der Waals surface area contributed by atoms with Crippen molar-refractivity contribution in [1.82, 2.24) is 10.2 Å². The fraction of sp³-hybridized carbons (Fsp3) is 0.417. The Hall–Kier alpha value is -2.94. The van der Waals surface area contributed by atoms with Crippen LogP contribution in [-0.2, 0) is 22.3 Å². The number of nitrogens with zero attached hydrogens (tertiary/aromatic N) is 1. The van der Waals surface area contributed by atoms with Crippen LogP contribution >= 0.6 is 0 Å². The van der Waals surface area contributed by atoms with E-state index in [2.05, 4.69) is 5.32 Å². The molecular weight excluding hydrogens is 440 g/mol. The third-order valence-corrected chi connectivity index (χ3v) is 6.21. The van der Waals surface area contributed by atoms with Gasteiger partial charge in [-0.2, -0.15) is 13.2 Å². The first-order valence-corrected chi connectivity index (χ1v) is 10.9. The first-order chi connectivity index (χ1) is 15.7. The smallest absolute Gasteiger partial charge is 0.353 e. The van der Waals surface area contributed by atoms with Crippen LogP contribution in [0.5, 0.6) is 0 Å². The van der Waals surface area contributed by atoms with Crippen LogP contribution in [0.4, 0.5) is 17.6 Å². The first kappa shape index (κ1) is 23.2. The number of carbonyl (C=O) groups excluding carboxylic acids is 2. The molecule has 1 saturated carbocycles. The Balaban J connectivity index is 1.55. The quantitative estimate of drug-likeness (QED) is 0.670. The van der Waals surface area contributed by atoms with E-state index in [1.54, 1.807) is 0 Å². The van der Waals surface area contributed by atoms with Crippen LogP contribution in [-0.4, -0.2) is 35.1 Å². The number of hydrogen-bond acceptors (Lipinski definition) is 3. The molecule has 2 aromatic carbocycles. The summed E-state index contributed by atoms with van der Waals surface area (Å²) in [4.78, 5) is 27.9. The van der Waals surface area contributed by atoms with E-state index in [0.29, 0.717) is 12.8 Å². The van der Waals surface area contributed by atoms with Gasteiger partial charge in [-0.3, -0.25) is 14.5 Å². The van der Waals surface area contributed by atoms with Crippen LogP contribution in [0, 0.1) is 5.82 Å². The number of amides is 2. The molecule has 1 spiro atoms. The molecule has 0 radical (unpaired) electrons. The molecule has 2 aromatic rings. The van der Waals surface area contributed by atoms with Gasteiger partial charge in [0.15, 0.2) is 0 Å². The van der Waals surface area contributed by atoms with Crippen LogP contribution in [0.25, 0.3) is 0 Å². The molecule has 176 valence electrons. The third-order valence-electron chi connectivity index (χ3n) is 6.21. The molecule has 1 heterocycles. The molecule has 0 bridgehead atoms. The number of halogens is 4. The monoisotopic (exact) mass is 464 g/mol. The minimum Gasteiger partial charge on any atom is -0.353 e. The SMILES string of the molecule is O=C(NCc1cccc(C(F)(F)F)c1)[C@H]1COC2(CCCCC2)N1C(=O)c1cccc(F)c1. The van der Waals surface area contributed by atoms with Gasteiger partial charge in [0.25, 0.3) is 5.91 Å². The van der Waals surface area contributed by atoms with Crippen molar-refractivity contribution in [2.75, 3.05) is 6.61 Å². The zero-order valence-electron chi connectivity index (χ0n) is 17.8. The van der Waals surface area contributed by atoms with Crippen LogP contribution in [0.15, 0.2) is 48.5 Å². The lowest BCUT2D eigenvalue weighted by atomic mass is 9.89. The molecule has 33 heavy (non-hydrogen) atoms. The van der Waals surface area contributed by atoms with Crippen molar-refractivity contribution in [2.45, 2.75) is 56.6 Å². The highest BCUT2D eigenvalue weighted by atomic mass is 19.4. The molecule has 1 N–H and O–H groups in total. The molecule has 9 heteroatoms. The minimum absolute atomic E-state index is 0.0323. The first-order valence-electron chi connectivity index (χ1n) is 10.9. The number of rotatable bonds is 4. The molecule has 1 aliphatic carbocycles. The summed E-state index contributed by atoms with van der Waals surface area (Å²) in [5.41, 5.74) is -1.35. The largest absolute Gasteiger partial charge is 0.416 e. The lowest BCUT2D eigenvalue weighted by Gasteiger charge is -2.41. The summed E-state index contributed by atoms with van der Waals surface area (Å²) in [7, 11) is 0. The highest BCUT2D eigenvalue weighted by molar-refractivity contribution is 5.98. The summed E-state index contributed by atoms with van der Waals surface area (Å²) in [6, 6.07) is 8.99. The van der Waals surface area contributed by atoms with E-state index in [0.717, 1.165) is 37.5 Å². The highest BCUT2D eigenvalue weighted by Gasteiger charge is 2.53. The number of hydrogen-bond donors (Lipinski definition) is 1. The second-order valence-electron chi connectivity index (χ2n) is 8.44. The fourth-order valence-corrected chi connectivity index (χ4v) is 4.60. The molecule has 0 unspecified atom stereocenters. The van der Waals surface area contributed by atoms with Crippen LogP contribution in [0.1, 0.15) is 53.6 Å². The topological polar surface area (TPSA) is 58.6 Å². The zero-order chi connectivity index (χ0) is 23.6. The van der Waals surface area contributed by atoms with Gasteiger partial charge >= 0.3 is 6.18 Å². The van der Waals surface area contributed by atoms with Gasteiger partial charge < -0.3 is 10.1 Å². The Morgan fingerprint density at radius 2 is 1.79 bits per heavy atom. The Kier molecular flexibility index (Phi) is 6.43. The van der Waals surface area contributed by atoms with Gasteiger partial charge in [0.2, 0.25) is 5.91 Å².